The number of benzene rings is 3. The predicted octanol–water partition coefficient (Wildman–Crippen LogP) is 5.93. The highest BCUT2D eigenvalue weighted by molar-refractivity contribution is 7.85. The zero-order valence-corrected chi connectivity index (χ0v) is 20.6. The lowest BCUT2D eigenvalue weighted by atomic mass is 10.2. The summed E-state index contributed by atoms with van der Waals surface area (Å²) in [5, 5.41) is 1.05. The summed E-state index contributed by atoms with van der Waals surface area (Å²) in [5.41, 5.74) is 3.68. The summed E-state index contributed by atoms with van der Waals surface area (Å²) >= 11 is 6.63. The van der Waals surface area contributed by atoms with Crippen LogP contribution in [0.25, 0.3) is 0 Å². The van der Waals surface area contributed by atoms with Crippen LogP contribution in [0.15, 0.2) is 42.5 Å². The van der Waals surface area contributed by atoms with Gasteiger partial charge in [-0.2, -0.15) is 0 Å². The maximum absolute atomic E-state index is 15.1. The van der Waals surface area contributed by atoms with E-state index in [1.165, 1.54) is 6.07 Å². The minimum atomic E-state index is -3.90. The van der Waals surface area contributed by atoms with E-state index in [4.69, 9.17) is 21.1 Å². The van der Waals surface area contributed by atoms with Gasteiger partial charge in [0.1, 0.15) is 0 Å². The van der Waals surface area contributed by atoms with Crippen molar-refractivity contribution in [2.24, 2.45) is 0 Å². The molecule has 0 saturated carbocycles. The van der Waals surface area contributed by atoms with E-state index >= 15 is 4.57 Å². The molecule has 1 aliphatic heterocycles. The Hall–Kier alpha value is -2.56. The SMILES string of the molecule is CCOc1cc(P(=O)(c2cc(C)cc(C)c2)c2cc(C)cc(C)c2)c(Cl)c2c1OC(F)(F)O2. The van der Waals surface area contributed by atoms with Crippen molar-refractivity contribution in [3.8, 4) is 17.2 Å². The maximum atomic E-state index is 15.1. The summed E-state index contributed by atoms with van der Waals surface area (Å²) in [6.45, 7) is 9.54. The smallest absolute Gasteiger partial charge is 0.490 e. The van der Waals surface area contributed by atoms with E-state index in [0.29, 0.717) is 10.6 Å². The fourth-order valence-electron chi connectivity index (χ4n) is 4.21. The number of halogens is 3. The fraction of sp³-hybridized carbons (Fsp3) is 0.280. The number of fused-ring (bicyclic) bond motifs is 1. The first-order chi connectivity index (χ1) is 15.4. The molecule has 0 radical (unpaired) electrons. The Kier molecular flexibility index (Phi) is 5.96. The van der Waals surface area contributed by atoms with Gasteiger partial charge in [0, 0.05) is 15.9 Å². The van der Waals surface area contributed by atoms with Crippen LogP contribution in [0.5, 0.6) is 17.2 Å². The second kappa shape index (κ2) is 8.34. The van der Waals surface area contributed by atoms with Gasteiger partial charge in [-0.1, -0.05) is 46.0 Å². The molecule has 33 heavy (non-hydrogen) atoms. The van der Waals surface area contributed by atoms with E-state index in [9.17, 15) is 8.78 Å². The van der Waals surface area contributed by atoms with Crippen molar-refractivity contribution < 1.29 is 27.6 Å². The van der Waals surface area contributed by atoms with Gasteiger partial charge in [0.25, 0.3) is 0 Å². The van der Waals surface area contributed by atoms with Crippen LogP contribution in [0, 0.1) is 27.7 Å². The predicted molar refractivity (Wildman–Crippen MR) is 127 cm³/mol. The van der Waals surface area contributed by atoms with E-state index < -0.39 is 13.4 Å². The first-order valence-electron chi connectivity index (χ1n) is 10.5. The van der Waals surface area contributed by atoms with Gasteiger partial charge in [0.2, 0.25) is 5.75 Å². The van der Waals surface area contributed by atoms with Crippen LogP contribution in [-0.4, -0.2) is 12.9 Å². The Balaban J connectivity index is 2.10. The van der Waals surface area contributed by atoms with Gasteiger partial charge in [0.05, 0.1) is 11.6 Å². The summed E-state index contributed by atoms with van der Waals surface area (Å²) < 4.78 is 58.1. The van der Waals surface area contributed by atoms with Gasteiger partial charge in [-0.3, -0.25) is 0 Å². The third kappa shape index (κ3) is 4.22. The van der Waals surface area contributed by atoms with Crippen molar-refractivity contribution in [1.82, 2.24) is 0 Å². The first kappa shape index (κ1) is 23.6. The van der Waals surface area contributed by atoms with Crippen LogP contribution in [0.1, 0.15) is 29.2 Å². The van der Waals surface area contributed by atoms with E-state index in [2.05, 4.69) is 4.74 Å². The molecule has 0 aliphatic carbocycles. The van der Waals surface area contributed by atoms with Crippen molar-refractivity contribution >= 4 is 34.7 Å². The lowest BCUT2D eigenvalue weighted by Gasteiger charge is -2.24. The number of alkyl halides is 2. The topological polar surface area (TPSA) is 44.8 Å². The van der Waals surface area contributed by atoms with Crippen molar-refractivity contribution in [2.75, 3.05) is 6.61 Å². The van der Waals surface area contributed by atoms with Gasteiger partial charge in [-0.15, -0.1) is 8.78 Å². The lowest BCUT2D eigenvalue weighted by Crippen LogP contribution is -2.27. The Morgan fingerprint density at radius 1 is 0.848 bits per heavy atom. The summed E-state index contributed by atoms with van der Waals surface area (Å²) in [4.78, 5) is 0. The molecular weight excluding hydrogens is 469 g/mol. The molecule has 4 nitrogen and oxygen atoms in total. The van der Waals surface area contributed by atoms with Crippen LogP contribution in [-0.2, 0) is 4.57 Å². The van der Waals surface area contributed by atoms with E-state index in [1.807, 2.05) is 64.1 Å². The molecule has 0 aromatic heterocycles. The Bertz CT molecular complexity index is 1210. The highest BCUT2D eigenvalue weighted by atomic mass is 35.5. The molecule has 0 bridgehead atoms. The average molecular weight is 493 g/mol. The largest absolute Gasteiger partial charge is 0.586 e. The Morgan fingerprint density at radius 3 is 1.76 bits per heavy atom. The summed E-state index contributed by atoms with van der Waals surface area (Å²) in [7, 11) is -3.64. The molecule has 0 atom stereocenters. The number of ether oxygens (including phenoxy) is 3. The van der Waals surface area contributed by atoms with Gasteiger partial charge in [-0.25, -0.2) is 0 Å². The fourth-order valence-corrected chi connectivity index (χ4v) is 7.82. The first-order valence-corrected chi connectivity index (χ1v) is 12.6. The molecule has 1 aliphatic rings. The van der Waals surface area contributed by atoms with Crippen LogP contribution < -0.4 is 30.1 Å². The van der Waals surface area contributed by atoms with Crippen LogP contribution in [0.4, 0.5) is 8.78 Å². The monoisotopic (exact) mass is 492 g/mol. The number of hydrogen-bond acceptors (Lipinski definition) is 4. The molecular formula is C25H24ClF2O4P. The normalized spacial score (nSPS) is 14.4. The van der Waals surface area contributed by atoms with Crippen molar-refractivity contribution in [2.45, 2.75) is 40.9 Å². The van der Waals surface area contributed by atoms with Crippen LogP contribution in [0.3, 0.4) is 0 Å². The molecule has 8 heteroatoms. The molecule has 0 fully saturated rings. The van der Waals surface area contributed by atoms with Crippen LogP contribution >= 0.6 is 18.7 Å². The standard InChI is InChI=1S/C25H24ClF2O4P/c1-6-30-20-13-21(22(26)24-23(20)31-25(27,28)32-24)33(29,18-9-14(2)7-15(3)10-18)19-11-16(4)8-17(5)12-19/h7-13H,6H2,1-5H3. The Morgan fingerprint density at radius 2 is 1.30 bits per heavy atom. The molecule has 0 N–H and O–H groups in total. The number of hydrogen-bond donors (Lipinski definition) is 0. The van der Waals surface area contributed by atoms with Crippen molar-refractivity contribution in [3.05, 3.63) is 69.7 Å². The number of aryl methyl sites for hydroxylation is 4. The zero-order valence-electron chi connectivity index (χ0n) is 19.0. The minimum Gasteiger partial charge on any atom is -0.490 e. The molecule has 174 valence electrons. The van der Waals surface area contributed by atoms with E-state index in [-0.39, 0.29) is 34.2 Å². The van der Waals surface area contributed by atoms with Gasteiger partial charge < -0.3 is 18.8 Å². The summed E-state index contributed by atoms with van der Waals surface area (Å²) in [5.74, 6) is -0.683. The Labute approximate surface area is 196 Å². The van der Waals surface area contributed by atoms with E-state index in [1.54, 1.807) is 6.92 Å². The van der Waals surface area contributed by atoms with Crippen LogP contribution in [0.2, 0.25) is 5.02 Å². The second-order valence-corrected chi connectivity index (χ2v) is 11.4. The molecule has 0 amide bonds. The quantitative estimate of drug-likeness (QED) is 0.414. The summed E-state index contributed by atoms with van der Waals surface area (Å²) in [6, 6.07) is 12.7. The number of rotatable bonds is 5. The van der Waals surface area contributed by atoms with Gasteiger partial charge in [-0.05, 0) is 65.0 Å². The third-order valence-corrected chi connectivity index (χ3v) is 8.85. The summed E-state index contributed by atoms with van der Waals surface area (Å²) in [6.07, 6.45) is -3.90. The molecule has 0 saturated heterocycles. The lowest BCUT2D eigenvalue weighted by molar-refractivity contribution is -0.287. The maximum Gasteiger partial charge on any atom is 0.586 e. The highest BCUT2D eigenvalue weighted by Gasteiger charge is 2.48. The molecule has 3 aromatic rings. The molecule has 3 aromatic carbocycles. The zero-order chi connectivity index (χ0) is 24.1. The van der Waals surface area contributed by atoms with E-state index in [0.717, 1.165) is 22.3 Å². The minimum absolute atomic E-state index is 0.00181. The molecule has 0 unspecified atom stereocenters. The second-order valence-electron chi connectivity index (χ2n) is 8.27. The molecule has 4 rings (SSSR count). The third-order valence-electron chi connectivity index (χ3n) is 5.34. The van der Waals surface area contributed by atoms with Crippen molar-refractivity contribution in [3.63, 3.8) is 0 Å². The highest BCUT2D eigenvalue weighted by Crippen LogP contribution is 2.55. The average Bonchev–Trinajstić information content (AvgIpc) is 3.04. The van der Waals surface area contributed by atoms with Gasteiger partial charge >= 0.3 is 6.29 Å². The molecule has 0 spiro atoms. The molecule has 1 heterocycles. The van der Waals surface area contributed by atoms with Gasteiger partial charge in [0.15, 0.2) is 18.6 Å². The van der Waals surface area contributed by atoms with Crippen molar-refractivity contribution in [1.29, 1.82) is 0 Å².